The average molecular weight is 390 g/mol. The van der Waals surface area contributed by atoms with Crippen molar-refractivity contribution in [3.63, 3.8) is 0 Å². The molecule has 0 aromatic rings. The molecule has 0 aliphatic rings. The fourth-order valence-corrected chi connectivity index (χ4v) is 3.15. The molecule has 1 unspecified atom stereocenters. The van der Waals surface area contributed by atoms with Gasteiger partial charge in [0.15, 0.2) is 9.84 Å². The predicted octanol–water partition coefficient (Wildman–Crippen LogP) is -0.829. The Bertz CT molecular complexity index is 584. The van der Waals surface area contributed by atoms with Crippen LogP contribution in [0.1, 0.15) is 39.5 Å². The number of amides is 2. The van der Waals surface area contributed by atoms with Gasteiger partial charge in [0.2, 0.25) is 11.8 Å². The van der Waals surface area contributed by atoms with Gasteiger partial charge < -0.3 is 21.5 Å². The monoisotopic (exact) mass is 389 g/mol. The number of carbonyl (C=O) groups excluding carboxylic acids is 2. The van der Waals surface area contributed by atoms with Crippen molar-refractivity contribution in [1.29, 1.82) is 0 Å². The Balaban J connectivity index is 4.46. The summed E-state index contributed by atoms with van der Waals surface area (Å²) >= 11 is 0. The van der Waals surface area contributed by atoms with E-state index in [-0.39, 0.29) is 37.4 Å². The van der Waals surface area contributed by atoms with Gasteiger partial charge >= 0.3 is 0 Å². The normalized spacial score (nSPS) is 13.7. The van der Waals surface area contributed by atoms with E-state index in [0.717, 1.165) is 6.42 Å². The molecule has 0 bridgehead atoms. The average Bonchev–Trinajstić information content (AvgIpc) is 2.55. The second kappa shape index (κ2) is 12.7. The summed E-state index contributed by atoms with van der Waals surface area (Å²) in [5.41, 5.74) is 5.20. The van der Waals surface area contributed by atoms with Crippen LogP contribution in [0, 0.1) is 18.3 Å². The quantitative estimate of drug-likeness (QED) is 0.303. The summed E-state index contributed by atoms with van der Waals surface area (Å²) in [7, 11) is -3.39. The molecule has 2 amide bonds. The highest BCUT2D eigenvalue weighted by Gasteiger charge is 2.21. The van der Waals surface area contributed by atoms with Gasteiger partial charge in [-0.15, -0.1) is 12.3 Å². The minimum Gasteiger partial charge on any atom is -0.391 e. The van der Waals surface area contributed by atoms with Crippen molar-refractivity contribution >= 4 is 21.7 Å². The van der Waals surface area contributed by atoms with Crippen LogP contribution in [0.2, 0.25) is 0 Å². The van der Waals surface area contributed by atoms with Gasteiger partial charge in [-0.1, -0.05) is 13.8 Å². The van der Waals surface area contributed by atoms with E-state index in [1.807, 2.05) is 13.8 Å². The van der Waals surface area contributed by atoms with Gasteiger partial charge in [0.25, 0.3) is 0 Å². The van der Waals surface area contributed by atoms with Crippen molar-refractivity contribution in [3.8, 4) is 12.3 Å². The Labute approximate surface area is 156 Å². The molecule has 0 spiro atoms. The number of aliphatic hydroxyl groups excluding tert-OH is 1. The number of nitrogens with one attached hydrogen (secondary N) is 2. The minimum absolute atomic E-state index is 0.00872. The van der Waals surface area contributed by atoms with E-state index in [9.17, 15) is 23.1 Å². The predicted molar refractivity (Wildman–Crippen MR) is 101 cm³/mol. The van der Waals surface area contributed by atoms with Crippen LogP contribution < -0.4 is 16.4 Å². The number of sulfone groups is 1. The summed E-state index contributed by atoms with van der Waals surface area (Å²) in [5.74, 6) is 1.13. The zero-order valence-corrected chi connectivity index (χ0v) is 16.3. The largest absolute Gasteiger partial charge is 0.391 e. The molecule has 8 nitrogen and oxygen atoms in total. The van der Waals surface area contributed by atoms with Crippen LogP contribution in [0.15, 0.2) is 0 Å². The molecule has 0 radical (unpaired) electrons. The van der Waals surface area contributed by atoms with Crippen molar-refractivity contribution in [3.05, 3.63) is 0 Å². The van der Waals surface area contributed by atoms with E-state index in [4.69, 9.17) is 12.2 Å². The number of terminal acetylenes is 1. The van der Waals surface area contributed by atoms with Crippen LogP contribution in [-0.4, -0.2) is 62.1 Å². The van der Waals surface area contributed by atoms with Crippen molar-refractivity contribution in [2.45, 2.75) is 51.7 Å². The summed E-state index contributed by atoms with van der Waals surface area (Å²) in [6, 6.07) is -0.970. The Kier molecular flexibility index (Phi) is 11.9. The van der Waals surface area contributed by atoms with Crippen LogP contribution in [0.25, 0.3) is 0 Å². The molecular weight excluding hydrogens is 358 g/mol. The molecule has 2 atom stereocenters. The van der Waals surface area contributed by atoms with E-state index in [2.05, 4.69) is 16.6 Å². The summed E-state index contributed by atoms with van der Waals surface area (Å²) in [6.45, 7) is 4.13. The molecular formula is C17H31N3O5S. The molecule has 5 N–H and O–H groups in total. The summed E-state index contributed by atoms with van der Waals surface area (Å²) < 4.78 is 23.1. The van der Waals surface area contributed by atoms with Gasteiger partial charge in [0, 0.05) is 25.9 Å². The highest BCUT2D eigenvalue weighted by atomic mass is 32.2. The molecule has 0 saturated heterocycles. The molecule has 0 rings (SSSR count). The molecule has 0 aromatic carbocycles. The zero-order valence-electron chi connectivity index (χ0n) is 15.5. The SMILES string of the molecule is C#CC[C@H](NC(=O)CCS(=O)(=O)CCN)C(=O)NCC(O)CCC(C)C. The third-order valence-corrected chi connectivity index (χ3v) is 5.32. The van der Waals surface area contributed by atoms with Crippen LogP contribution in [-0.2, 0) is 19.4 Å². The van der Waals surface area contributed by atoms with Gasteiger partial charge in [-0.05, 0) is 18.8 Å². The number of hydrogen-bond donors (Lipinski definition) is 4. The number of rotatable bonds is 13. The third-order valence-electron chi connectivity index (χ3n) is 3.63. The second-order valence-corrected chi connectivity index (χ2v) is 8.89. The first-order valence-corrected chi connectivity index (χ1v) is 10.5. The molecule has 0 aromatic heterocycles. The lowest BCUT2D eigenvalue weighted by molar-refractivity contribution is -0.129. The Morgan fingerprint density at radius 2 is 1.88 bits per heavy atom. The molecule has 0 aliphatic heterocycles. The number of aliphatic hydroxyl groups is 1. The first-order valence-electron chi connectivity index (χ1n) is 8.70. The third kappa shape index (κ3) is 11.8. The first-order chi connectivity index (χ1) is 12.1. The maximum absolute atomic E-state index is 12.1. The lowest BCUT2D eigenvalue weighted by atomic mass is 10.0. The van der Waals surface area contributed by atoms with E-state index in [1.165, 1.54) is 0 Å². The minimum atomic E-state index is -3.39. The van der Waals surface area contributed by atoms with E-state index >= 15 is 0 Å². The van der Waals surface area contributed by atoms with Crippen LogP contribution in [0.5, 0.6) is 0 Å². The lowest BCUT2D eigenvalue weighted by Crippen LogP contribution is -2.48. The fraction of sp³-hybridized carbons (Fsp3) is 0.765. The van der Waals surface area contributed by atoms with Crippen molar-refractivity contribution < 1.29 is 23.1 Å². The van der Waals surface area contributed by atoms with Crippen LogP contribution in [0.3, 0.4) is 0 Å². The standard InChI is InChI=1S/C17H31N3O5S/c1-4-5-15(17(23)19-12-14(21)7-6-13(2)3)20-16(22)8-10-26(24,25)11-9-18/h1,13-15,21H,5-12,18H2,2-3H3,(H,19,23)(H,20,22)/t14?,15-/m0/s1. The van der Waals surface area contributed by atoms with Crippen molar-refractivity contribution in [2.75, 3.05) is 24.6 Å². The highest BCUT2D eigenvalue weighted by molar-refractivity contribution is 7.91. The molecule has 0 fully saturated rings. The lowest BCUT2D eigenvalue weighted by Gasteiger charge is -2.18. The van der Waals surface area contributed by atoms with Gasteiger partial charge in [0.05, 0.1) is 17.6 Å². The molecule has 9 heteroatoms. The van der Waals surface area contributed by atoms with Gasteiger partial charge in [-0.3, -0.25) is 9.59 Å². The van der Waals surface area contributed by atoms with Gasteiger partial charge in [0.1, 0.15) is 6.04 Å². The van der Waals surface area contributed by atoms with Gasteiger partial charge in [-0.25, -0.2) is 8.42 Å². The molecule has 150 valence electrons. The zero-order chi connectivity index (χ0) is 20.2. The smallest absolute Gasteiger partial charge is 0.243 e. The van der Waals surface area contributed by atoms with Crippen LogP contribution >= 0.6 is 0 Å². The van der Waals surface area contributed by atoms with Crippen molar-refractivity contribution in [1.82, 2.24) is 10.6 Å². The second-order valence-electron chi connectivity index (χ2n) is 6.59. The number of carbonyl (C=O) groups is 2. The summed E-state index contributed by atoms with van der Waals surface area (Å²) in [5, 5.41) is 14.8. The van der Waals surface area contributed by atoms with Crippen LogP contribution in [0.4, 0.5) is 0 Å². The van der Waals surface area contributed by atoms with Crippen molar-refractivity contribution in [2.24, 2.45) is 11.7 Å². The number of nitrogens with two attached hydrogens (primary N) is 1. The summed E-state index contributed by atoms with van der Waals surface area (Å²) in [6.07, 6.45) is 5.63. The topological polar surface area (TPSA) is 139 Å². The Hall–Kier alpha value is -1.63. The molecule has 0 aliphatic carbocycles. The fourth-order valence-electron chi connectivity index (χ4n) is 2.09. The Morgan fingerprint density at radius 1 is 1.23 bits per heavy atom. The van der Waals surface area contributed by atoms with E-state index in [1.54, 1.807) is 0 Å². The first kappa shape index (κ1) is 24.4. The molecule has 0 heterocycles. The van der Waals surface area contributed by atoms with E-state index in [0.29, 0.717) is 12.3 Å². The van der Waals surface area contributed by atoms with Gasteiger partial charge in [-0.2, -0.15) is 0 Å². The maximum Gasteiger partial charge on any atom is 0.243 e. The Morgan fingerprint density at radius 3 is 2.42 bits per heavy atom. The maximum atomic E-state index is 12.1. The number of hydrogen-bond acceptors (Lipinski definition) is 6. The molecule has 26 heavy (non-hydrogen) atoms. The highest BCUT2D eigenvalue weighted by Crippen LogP contribution is 2.06. The van der Waals surface area contributed by atoms with E-state index < -0.39 is 33.8 Å². The molecule has 0 saturated carbocycles. The summed E-state index contributed by atoms with van der Waals surface area (Å²) in [4.78, 5) is 24.0.